The van der Waals surface area contributed by atoms with Gasteiger partial charge in [-0.3, -0.25) is 4.18 Å². The van der Waals surface area contributed by atoms with Crippen molar-refractivity contribution in [2.45, 2.75) is 4.90 Å². The van der Waals surface area contributed by atoms with Gasteiger partial charge in [0.25, 0.3) is 10.1 Å². The molecule has 0 aliphatic heterocycles. The summed E-state index contributed by atoms with van der Waals surface area (Å²) in [6, 6.07) is 8.07. The topological polar surface area (TPSA) is 43.4 Å². The normalized spacial score (nSPS) is 10.6. The van der Waals surface area contributed by atoms with Crippen molar-refractivity contribution >= 4 is 26.0 Å². The van der Waals surface area contributed by atoms with Crippen LogP contribution in [0.4, 0.5) is 0 Å². The summed E-state index contributed by atoms with van der Waals surface area (Å²) in [6.07, 6.45) is 0. The maximum atomic E-state index is 11.3. The van der Waals surface area contributed by atoms with Gasteiger partial charge in [-0.2, -0.15) is 8.42 Å². The van der Waals surface area contributed by atoms with E-state index < -0.39 is 10.1 Å². The molecule has 0 aromatic heterocycles. The average Bonchev–Trinajstić information content (AvgIpc) is 2.16. The van der Waals surface area contributed by atoms with E-state index in [0.717, 1.165) is 0 Å². The molecule has 0 spiro atoms. The summed E-state index contributed by atoms with van der Waals surface area (Å²) in [4.78, 5) is 0.191. The van der Waals surface area contributed by atoms with Crippen molar-refractivity contribution in [1.82, 2.24) is 0 Å². The van der Waals surface area contributed by atoms with Gasteiger partial charge in [0.1, 0.15) is 0 Å². The van der Waals surface area contributed by atoms with Crippen molar-refractivity contribution in [3.05, 3.63) is 30.3 Å². The van der Waals surface area contributed by atoms with Gasteiger partial charge in [-0.05, 0) is 12.1 Å². The summed E-state index contributed by atoms with van der Waals surface area (Å²) in [5.74, 6) is 0. The minimum Gasteiger partial charge on any atom is -1.00 e. The fourth-order valence-corrected chi connectivity index (χ4v) is 2.10. The second-order valence-corrected chi connectivity index (χ2v) is 4.69. The Hall–Kier alpha value is 0.610. The van der Waals surface area contributed by atoms with E-state index in [-0.39, 0.29) is 42.5 Å². The van der Waals surface area contributed by atoms with Crippen molar-refractivity contribution in [2.24, 2.45) is 0 Å². The van der Waals surface area contributed by atoms with E-state index in [9.17, 15) is 8.42 Å². The first kappa shape index (κ1) is 14.6. The van der Waals surface area contributed by atoms with E-state index >= 15 is 0 Å². The molecule has 6 heteroatoms. The molecule has 0 amide bonds. The van der Waals surface area contributed by atoms with Crippen molar-refractivity contribution in [3.63, 3.8) is 0 Å². The SMILES string of the molecule is O=S(=O)(OCCBr)c1ccccc1.[H-].[Na+]. The van der Waals surface area contributed by atoms with Crippen LogP contribution in [0.3, 0.4) is 0 Å². The van der Waals surface area contributed by atoms with Crippen molar-refractivity contribution in [1.29, 1.82) is 0 Å². The Balaban J connectivity index is 0. The Morgan fingerprint density at radius 3 is 2.36 bits per heavy atom. The number of hydrogen-bond donors (Lipinski definition) is 0. The maximum absolute atomic E-state index is 11.3. The molecule has 0 unspecified atom stereocenters. The summed E-state index contributed by atoms with van der Waals surface area (Å²) < 4.78 is 27.4. The molecule has 0 saturated heterocycles. The molecule has 0 aliphatic rings. The van der Waals surface area contributed by atoms with E-state index in [1.807, 2.05) is 0 Å². The summed E-state index contributed by atoms with van der Waals surface area (Å²) in [5, 5.41) is 0.499. The molecule has 0 heterocycles. The standard InChI is InChI=1S/C8H9BrO3S.Na.H/c9-6-7-12-13(10,11)8-4-2-1-3-5-8;;/h1-5H,6-7H2;;/q;+1;-1. The monoisotopic (exact) mass is 288 g/mol. The van der Waals surface area contributed by atoms with Crippen LogP contribution in [-0.4, -0.2) is 20.4 Å². The molecular formula is C8H10BrNaO3S. The van der Waals surface area contributed by atoms with Gasteiger partial charge in [0.05, 0.1) is 11.5 Å². The average molecular weight is 289 g/mol. The second kappa shape index (κ2) is 6.98. The number of benzene rings is 1. The number of rotatable bonds is 4. The molecule has 74 valence electrons. The molecule has 0 N–H and O–H groups in total. The first-order valence-corrected chi connectivity index (χ1v) is 6.20. The fourth-order valence-electron chi connectivity index (χ4n) is 0.796. The molecule has 1 aromatic carbocycles. The summed E-state index contributed by atoms with van der Waals surface area (Å²) >= 11 is 3.09. The predicted octanol–water partition coefficient (Wildman–Crippen LogP) is -1.10. The van der Waals surface area contributed by atoms with Crippen LogP contribution in [-0.2, 0) is 14.3 Å². The molecule has 0 bridgehead atoms. The maximum Gasteiger partial charge on any atom is 1.00 e. The van der Waals surface area contributed by atoms with Gasteiger partial charge in [-0.15, -0.1) is 0 Å². The van der Waals surface area contributed by atoms with Crippen LogP contribution in [0.1, 0.15) is 1.43 Å². The Morgan fingerprint density at radius 2 is 1.86 bits per heavy atom. The van der Waals surface area contributed by atoms with Gasteiger partial charge in [-0.1, -0.05) is 34.1 Å². The molecule has 0 fully saturated rings. The second-order valence-electron chi connectivity index (χ2n) is 2.28. The van der Waals surface area contributed by atoms with Crippen molar-refractivity contribution in [3.8, 4) is 0 Å². The van der Waals surface area contributed by atoms with Gasteiger partial charge in [0.2, 0.25) is 0 Å². The minimum absolute atomic E-state index is 0. The molecular weight excluding hydrogens is 279 g/mol. The zero-order valence-corrected chi connectivity index (χ0v) is 12.2. The first-order valence-electron chi connectivity index (χ1n) is 3.67. The molecule has 0 aliphatic carbocycles. The van der Waals surface area contributed by atoms with Crippen LogP contribution in [0.25, 0.3) is 0 Å². The van der Waals surface area contributed by atoms with E-state index in [0.29, 0.717) is 5.33 Å². The van der Waals surface area contributed by atoms with Crippen LogP contribution in [0, 0.1) is 0 Å². The first-order chi connectivity index (χ1) is 6.17. The van der Waals surface area contributed by atoms with E-state index in [2.05, 4.69) is 15.9 Å². The van der Waals surface area contributed by atoms with E-state index in [1.165, 1.54) is 12.1 Å². The zero-order chi connectivity index (χ0) is 9.73. The van der Waals surface area contributed by atoms with Gasteiger partial charge in [0, 0.05) is 5.33 Å². The van der Waals surface area contributed by atoms with Gasteiger partial charge in [0.15, 0.2) is 0 Å². The zero-order valence-electron chi connectivity index (χ0n) is 8.81. The van der Waals surface area contributed by atoms with Crippen LogP contribution in [0.2, 0.25) is 0 Å². The van der Waals surface area contributed by atoms with Gasteiger partial charge < -0.3 is 1.43 Å². The third-order valence-electron chi connectivity index (χ3n) is 1.35. The fraction of sp³-hybridized carbons (Fsp3) is 0.250. The van der Waals surface area contributed by atoms with Crippen LogP contribution in [0.15, 0.2) is 35.2 Å². The summed E-state index contributed by atoms with van der Waals surface area (Å²) in [7, 11) is -3.55. The Kier molecular flexibility index (Phi) is 7.28. The molecule has 0 atom stereocenters. The molecule has 3 nitrogen and oxygen atoms in total. The van der Waals surface area contributed by atoms with Crippen molar-refractivity contribution < 1.29 is 43.6 Å². The number of alkyl halides is 1. The Morgan fingerprint density at radius 1 is 1.29 bits per heavy atom. The molecule has 14 heavy (non-hydrogen) atoms. The molecule has 0 radical (unpaired) electrons. The molecule has 1 aromatic rings. The summed E-state index contributed by atoms with van der Waals surface area (Å²) in [5.41, 5.74) is 0. The number of halogens is 1. The van der Waals surface area contributed by atoms with Crippen molar-refractivity contribution in [2.75, 3.05) is 11.9 Å². The van der Waals surface area contributed by atoms with Gasteiger partial charge in [-0.25, -0.2) is 0 Å². The third kappa shape index (κ3) is 4.42. The Labute approximate surface area is 116 Å². The van der Waals surface area contributed by atoms with Gasteiger partial charge >= 0.3 is 29.6 Å². The summed E-state index contributed by atoms with van der Waals surface area (Å²) in [6.45, 7) is 0.150. The largest absolute Gasteiger partial charge is 1.00 e. The van der Waals surface area contributed by atoms with Crippen LogP contribution < -0.4 is 29.6 Å². The van der Waals surface area contributed by atoms with Crippen LogP contribution in [0.5, 0.6) is 0 Å². The smallest absolute Gasteiger partial charge is 1.00 e. The predicted molar refractivity (Wildman–Crippen MR) is 54.5 cm³/mol. The molecule has 1 rings (SSSR count). The quantitative estimate of drug-likeness (QED) is 0.402. The van der Waals surface area contributed by atoms with Crippen LogP contribution >= 0.6 is 15.9 Å². The number of hydrogen-bond acceptors (Lipinski definition) is 3. The van der Waals surface area contributed by atoms with E-state index in [4.69, 9.17) is 4.18 Å². The third-order valence-corrected chi connectivity index (χ3v) is 3.00. The molecule has 0 saturated carbocycles. The minimum atomic E-state index is -3.55. The van der Waals surface area contributed by atoms with E-state index in [1.54, 1.807) is 18.2 Å². The Bertz CT molecular complexity index is 357.